The Balaban J connectivity index is 0.00000220. The highest BCUT2D eigenvalue weighted by Gasteiger charge is 2.12. The van der Waals surface area contributed by atoms with Gasteiger partial charge < -0.3 is 11.1 Å². The maximum absolute atomic E-state index is 13.0. The van der Waals surface area contributed by atoms with Crippen LogP contribution in [0.15, 0.2) is 29.3 Å². The van der Waals surface area contributed by atoms with E-state index in [0.717, 1.165) is 18.4 Å². The molecule has 1 fully saturated rings. The third kappa shape index (κ3) is 7.11. The Hall–Kier alpha value is -0.850. The van der Waals surface area contributed by atoms with Gasteiger partial charge in [-0.3, -0.25) is 4.99 Å². The van der Waals surface area contributed by atoms with Crippen molar-refractivity contribution in [3.8, 4) is 0 Å². The molecule has 2 rings (SSSR count). The molecular formula is C16H25FIN3. The number of guanidine groups is 1. The number of halogens is 2. The highest BCUT2D eigenvalue weighted by atomic mass is 127. The van der Waals surface area contributed by atoms with E-state index in [9.17, 15) is 4.39 Å². The molecule has 1 aromatic rings. The SMILES string of the molecule is I.NC(=NCCCc1cccc(F)c1)NC1CCCCC1. The van der Waals surface area contributed by atoms with Crippen molar-refractivity contribution in [1.82, 2.24) is 5.32 Å². The van der Waals surface area contributed by atoms with E-state index in [2.05, 4.69) is 10.3 Å². The highest BCUT2D eigenvalue weighted by molar-refractivity contribution is 14.0. The molecule has 0 radical (unpaired) electrons. The fourth-order valence-corrected chi connectivity index (χ4v) is 2.68. The molecule has 3 N–H and O–H groups in total. The van der Waals surface area contributed by atoms with Gasteiger partial charge >= 0.3 is 0 Å². The molecule has 1 saturated carbocycles. The van der Waals surface area contributed by atoms with E-state index < -0.39 is 0 Å². The van der Waals surface area contributed by atoms with Crippen LogP contribution in [-0.4, -0.2) is 18.5 Å². The lowest BCUT2D eigenvalue weighted by molar-refractivity contribution is 0.412. The molecule has 5 heteroatoms. The van der Waals surface area contributed by atoms with Gasteiger partial charge in [0.05, 0.1) is 0 Å². The summed E-state index contributed by atoms with van der Waals surface area (Å²) in [6.07, 6.45) is 8.01. The van der Waals surface area contributed by atoms with Gasteiger partial charge in [0.1, 0.15) is 5.82 Å². The molecule has 0 aromatic heterocycles. The molecule has 0 spiro atoms. The van der Waals surface area contributed by atoms with E-state index in [1.54, 1.807) is 12.1 Å². The molecule has 21 heavy (non-hydrogen) atoms. The van der Waals surface area contributed by atoms with Crippen LogP contribution in [0.2, 0.25) is 0 Å². The Morgan fingerprint density at radius 2 is 2.05 bits per heavy atom. The molecule has 0 heterocycles. The Morgan fingerprint density at radius 3 is 2.76 bits per heavy atom. The van der Waals surface area contributed by atoms with Crippen LogP contribution in [0.5, 0.6) is 0 Å². The van der Waals surface area contributed by atoms with Crippen molar-refractivity contribution in [2.45, 2.75) is 51.0 Å². The van der Waals surface area contributed by atoms with Crippen molar-refractivity contribution in [2.75, 3.05) is 6.54 Å². The van der Waals surface area contributed by atoms with E-state index in [-0.39, 0.29) is 29.8 Å². The Morgan fingerprint density at radius 1 is 1.29 bits per heavy atom. The van der Waals surface area contributed by atoms with E-state index in [0.29, 0.717) is 18.5 Å². The van der Waals surface area contributed by atoms with Crippen LogP contribution < -0.4 is 11.1 Å². The summed E-state index contributed by atoms with van der Waals surface area (Å²) in [4.78, 5) is 4.35. The molecule has 3 nitrogen and oxygen atoms in total. The maximum atomic E-state index is 13.0. The minimum absolute atomic E-state index is 0. The molecule has 0 unspecified atom stereocenters. The van der Waals surface area contributed by atoms with Gasteiger partial charge in [-0.05, 0) is 43.4 Å². The normalized spacial score (nSPS) is 16.3. The quantitative estimate of drug-likeness (QED) is 0.340. The van der Waals surface area contributed by atoms with Crippen LogP contribution >= 0.6 is 24.0 Å². The molecule has 0 amide bonds. The van der Waals surface area contributed by atoms with Crippen molar-refractivity contribution >= 4 is 29.9 Å². The number of rotatable bonds is 5. The molecular weight excluding hydrogens is 380 g/mol. The third-order valence-corrected chi connectivity index (χ3v) is 3.75. The minimum atomic E-state index is -0.176. The van der Waals surface area contributed by atoms with Gasteiger partial charge in [-0.15, -0.1) is 24.0 Å². The number of nitrogens with two attached hydrogens (primary N) is 1. The van der Waals surface area contributed by atoms with Crippen LogP contribution in [0.3, 0.4) is 0 Å². The molecule has 0 aliphatic heterocycles. The number of hydrogen-bond donors (Lipinski definition) is 2. The first-order valence-corrected chi connectivity index (χ1v) is 7.55. The fourth-order valence-electron chi connectivity index (χ4n) is 2.68. The third-order valence-electron chi connectivity index (χ3n) is 3.75. The van der Waals surface area contributed by atoms with Crippen molar-refractivity contribution in [3.63, 3.8) is 0 Å². The second kappa shape index (κ2) is 9.97. The second-order valence-electron chi connectivity index (χ2n) is 5.48. The smallest absolute Gasteiger partial charge is 0.188 e. The summed E-state index contributed by atoms with van der Waals surface area (Å²) in [5, 5.41) is 3.29. The van der Waals surface area contributed by atoms with Gasteiger partial charge in [0.15, 0.2) is 5.96 Å². The first kappa shape index (κ1) is 18.2. The zero-order chi connectivity index (χ0) is 14.2. The topological polar surface area (TPSA) is 50.4 Å². The largest absolute Gasteiger partial charge is 0.370 e. The number of benzene rings is 1. The lowest BCUT2D eigenvalue weighted by atomic mass is 9.96. The molecule has 1 aromatic carbocycles. The summed E-state index contributed by atoms with van der Waals surface area (Å²) >= 11 is 0. The molecule has 118 valence electrons. The Kier molecular flexibility index (Phi) is 8.64. The number of nitrogens with zero attached hydrogens (tertiary/aromatic N) is 1. The van der Waals surface area contributed by atoms with Gasteiger partial charge in [-0.1, -0.05) is 31.4 Å². The van der Waals surface area contributed by atoms with Gasteiger partial charge in [0, 0.05) is 12.6 Å². The number of hydrogen-bond acceptors (Lipinski definition) is 1. The van der Waals surface area contributed by atoms with Gasteiger partial charge in [0.25, 0.3) is 0 Å². The number of nitrogens with one attached hydrogen (secondary N) is 1. The summed E-state index contributed by atoms with van der Waals surface area (Å²) in [7, 11) is 0. The van der Waals surface area contributed by atoms with E-state index in [1.165, 1.54) is 38.2 Å². The van der Waals surface area contributed by atoms with Crippen molar-refractivity contribution in [3.05, 3.63) is 35.6 Å². The Labute approximate surface area is 143 Å². The van der Waals surface area contributed by atoms with Crippen molar-refractivity contribution in [1.29, 1.82) is 0 Å². The lowest BCUT2D eigenvalue weighted by Gasteiger charge is -2.23. The standard InChI is InChI=1S/C16H24FN3.HI/c17-14-8-4-6-13(12-14)7-5-11-19-16(18)20-15-9-2-1-3-10-15;/h4,6,8,12,15H,1-3,5,7,9-11H2,(H3,18,19,20);1H. The van der Waals surface area contributed by atoms with Crippen LogP contribution in [0.25, 0.3) is 0 Å². The van der Waals surface area contributed by atoms with Gasteiger partial charge in [-0.25, -0.2) is 4.39 Å². The summed E-state index contributed by atoms with van der Waals surface area (Å²) in [6.45, 7) is 0.683. The summed E-state index contributed by atoms with van der Waals surface area (Å²) < 4.78 is 13.0. The highest BCUT2D eigenvalue weighted by Crippen LogP contribution is 2.17. The molecule has 0 atom stereocenters. The first-order valence-electron chi connectivity index (χ1n) is 7.55. The zero-order valence-corrected chi connectivity index (χ0v) is 14.7. The van der Waals surface area contributed by atoms with E-state index >= 15 is 0 Å². The lowest BCUT2D eigenvalue weighted by Crippen LogP contribution is -2.41. The van der Waals surface area contributed by atoms with Gasteiger partial charge in [-0.2, -0.15) is 0 Å². The fraction of sp³-hybridized carbons (Fsp3) is 0.562. The minimum Gasteiger partial charge on any atom is -0.370 e. The summed E-state index contributed by atoms with van der Waals surface area (Å²) in [6, 6.07) is 7.22. The molecule has 1 aliphatic carbocycles. The maximum Gasteiger partial charge on any atom is 0.188 e. The van der Waals surface area contributed by atoms with Crippen molar-refractivity contribution in [2.24, 2.45) is 10.7 Å². The van der Waals surface area contributed by atoms with Crippen LogP contribution in [-0.2, 0) is 6.42 Å². The molecule has 1 aliphatic rings. The Bertz CT molecular complexity index is 445. The number of aliphatic imine (C=N–C) groups is 1. The van der Waals surface area contributed by atoms with Crippen LogP contribution in [0.4, 0.5) is 4.39 Å². The summed E-state index contributed by atoms with van der Waals surface area (Å²) in [5.74, 6) is 0.376. The zero-order valence-electron chi connectivity index (χ0n) is 12.4. The first-order chi connectivity index (χ1) is 9.74. The number of aryl methyl sites for hydroxylation is 1. The second-order valence-corrected chi connectivity index (χ2v) is 5.48. The summed E-state index contributed by atoms with van der Waals surface area (Å²) in [5.41, 5.74) is 6.90. The van der Waals surface area contributed by atoms with Crippen molar-refractivity contribution < 1.29 is 4.39 Å². The molecule has 0 bridgehead atoms. The molecule has 0 saturated heterocycles. The van der Waals surface area contributed by atoms with E-state index in [1.807, 2.05) is 6.07 Å². The van der Waals surface area contributed by atoms with Crippen LogP contribution in [0, 0.1) is 5.82 Å². The average molecular weight is 405 g/mol. The monoisotopic (exact) mass is 405 g/mol. The average Bonchev–Trinajstić information content (AvgIpc) is 2.45. The predicted octanol–water partition coefficient (Wildman–Crippen LogP) is 3.61. The van der Waals surface area contributed by atoms with E-state index in [4.69, 9.17) is 5.73 Å². The van der Waals surface area contributed by atoms with Crippen LogP contribution in [0.1, 0.15) is 44.1 Å². The predicted molar refractivity (Wildman–Crippen MR) is 96.6 cm³/mol. The van der Waals surface area contributed by atoms with Gasteiger partial charge in [0.2, 0.25) is 0 Å².